The average Bonchev–Trinajstić information content (AvgIpc) is 3.36. The molecule has 1 aromatic heterocycles. The third-order valence-corrected chi connectivity index (χ3v) is 5.40. The number of fused-ring (bicyclic) bond motifs is 1. The second-order valence-electron chi connectivity index (χ2n) is 6.18. The Kier molecular flexibility index (Phi) is 5.11. The van der Waals surface area contributed by atoms with Crippen LogP contribution < -0.4 is 5.32 Å². The fourth-order valence-electron chi connectivity index (χ4n) is 3.14. The number of aromatic nitrogens is 3. The molecule has 4 rings (SSSR count). The summed E-state index contributed by atoms with van der Waals surface area (Å²) in [6.07, 6.45) is 4.38. The first kappa shape index (κ1) is 17.6. The number of hydrogen-bond donors (Lipinski definition) is 1. The minimum absolute atomic E-state index is 0.0673. The molecular weight excluding hydrogens is 360 g/mol. The van der Waals surface area contributed by atoms with Crippen molar-refractivity contribution in [3.63, 3.8) is 0 Å². The Morgan fingerprint density at radius 3 is 2.93 bits per heavy atom. The summed E-state index contributed by atoms with van der Waals surface area (Å²) in [5, 5.41) is 14.4. The van der Waals surface area contributed by atoms with E-state index >= 15 is 0 Å². The molecule has 1 N–H and O–H groups in total. The molecule has 0 aliphatic carbocycles. The van der Waals surface area contributed by atoms with E-state index in [1.54, 1.807) is 6.26 Å². The maximum atomic E-state index is 12.5. The van der Waals surface area contributed by atoms with Gasteiger partial charge in [-0.1, -0.05) is 48.2 Å². The minimum atomic E-state index is -0.0868. The molecule has 7 heteroatoms. The quantitative estimate of drug-likeness (QED) is 0.651. The molecule has 2 aromatic carbocycles. The van der Waals surface area contributed by atoms with Crippen molar-refractivity contribution >= 4 is 34.1 Å². The number of carbonyl (C=O) groups is 1. The molecule has 0 saturated carbocycles. The Hall–Kier alpha value is -2.80. The van der Waals surface area contributed by atoms with Crippen LogP contribution in [0.4, 0.5) is 5.69 Å². The number of amides is 1. The van der Waals surface area contributed by atoms with Crippen molar-refractivity contribution in [2.24, 2.45) is 0 Å². The Morgan fingerprint density at radius 2 is 2.11 bits per heavy atom. The van der Waals surface area contributed by atoms with Crippen LogP contribution in [0.5, 0.6) is 0 Å². The molecule has 0 spiro atoms. The summed E-state index contributed by atoms with van der Waals surface area (Å²) in [4.78, 5) is 12.5. The van der Waals surface area contributed by atoms with Crippen LogP contribution in [0.25, 0.3) is 10.8 Å². The van der Waals surface area contributed by atoms with Gasteiger partial charge < -0.3 is 14.6 Å². The fraction of sp³-hybridized carbons (Fsp3) is 0.250. The van der Waals surface area contributed by atoms with E-state index in [0.29, 0.717) is 0 Å². The third-order valence-electron chi connectivity index (χ3n) is 4.43. The minimum Gasteiger partial charge on any atom is -0.490 e. The van der Waals surface area contributed by atoms with Crippen LogP contribution in [0.1, 0.15) is 25.3 Å². The fourth-order valence-corrected chi connectivity index (χ4v) is 3.95. The largest absolute Gasteiger partial charge is 0.490 e. The zero-order valence-corrected chi connectivity index (χ0v) is 15.8. The number of thioether (sulfide) groups is 1. The summed E-state index contributed by atoms with van der Waals surface area (Å²) in [7, 11) is 0. The van der Waals surface area contributed by atoms with E-state index < -0.39 is 0 Å². The molecule has 2 heterocycles. The zero-order valence-electron chi connectivity index (χ0n) is 15.0. The van der Waals surface area contributed by atoms with E-state index in [0.717, 1.165) is 40.4 Å². The molecule has 27 heavy (non-hydrogen) atoms. The molecule has 0 bridgehead atoms. The highest BCUT2D eigenvalue weighted by Crippen LogP contribution is 2.28. The van der Waals surface area contributed by atoms with Crippen molar-refractivity contribution in [1.29, 1.82) is 0 Å². The molecule has 3 aromatic rings. The SMILES string of the molecule is CCn1c(SCC(=O)Nc2cccc3ccccc23)nnc1C1CC=CO1. The van der Waals surface area contributed by atoms with Gasteiger partial charge in [0, 0.05) is 24.0 Å². The second kappa shape index (κ2) is 7.84. The Morgan fingerprint density at radius 1 is 1.26 bits per heavy atom. The van der Waals surface area contributed by atoms with Crippen molar-refractivity contribution in [3.8, 4) is 0 Å². The van der Waals surface area contributed by atoms with Crippen LogP contribution in [0.3, 0.4) is 0 Å². The molecule has 6 nitrogen and oxygen atoms in total. The maximum Gasteiger partial charge on any atom is 0.234 e. The van der Waals surface area contributed by atoms with Crippen molar-refractivity contribution in [2.75, 3.05) is 11.1 Å². The standard InChI is InChI=1S/C20H20N4O2S/c1-2-24-19(17-11-6-12-26-17)22-23-20(24)27-13-18(25)21-16-10-5-8-14-7-3-4-9-15(14)16/h3-10,12,17H,2,11,13H2,1H3,(H,21,25). The lowest BCUT2D eigenvalue weighted by atomic mass is 10.1. The van der Waals surface area contributed by atoms with Crippen LogP contribution in [0.2, 0.25) is 0 Å². The van der Waals surface area contributed by atoms with Gasteiger partial charge in [0.1, 0.15) is 0 Å². The van der Waals surface area contributed by atoms with Gasteiger partial charge in [0.15, 0.2) is 17.1 Å². The summed E-state index contributed by atoms with van der Waals surface area (Å²) in [5.41, 5.74) is 0.821. The van der Waals surface area contributed by atoms with Crippen LogP contribution in [-0.2, 0) is 16.1 Å². The van der Waals surface area contributed by atoms with Gasteiger partial charge in [-0.15, -0.1) is 10.2 Å². The monoisotopic (exact) mass is 380 g/mol. The highest BCUT2D eigenvalue weighted by atomic mass is 32.2. The first-order valence-corrected chi connectivity index (χ1v) is 9.89. The van der Waals surface area contributed by atoms with Crippen LogP contribution in [0.15, 0.2) is 60.0 Å². The van der Waals surface area contributed by atoms with Gasteiger partial charge in [0.25, 0.3) is 0 Å². The average molecular weight is 380 g/mol. The number of anilines is 1. The van der Waals surface area contributed by atoms with Gasteiger partial charge in [-0.3, -0.25) is 4.79 Å². The molecule has 0 radical (unpaired) electrons. The Balaban J connectivity index is 1.43. The lowest BCUT2D eigenvalue weighted by Crippen LogP contribution is -2.15. The highest BCUT2D eigenvalue weighted by molar-refractivity contribution is 7.99. The molecule has 1 amide bonds. The third kappa shape index (κ3) is 3.68. The zero-order chi connectivity index (χ0) is 18.6. The summed E-state index contributed by atoms with van der Waals surface area (Å²) in [6, 6.07) is 13.9. The van der Waals surface area contributed by atoms with Crippen LogP contribution in [-0.4, -0.2) is 26.4 Å². The molecular formula is C20H20N4O2S. The van der Waals surface area contributed by atoms with Gasteiger partial charge in [-0.25, -0.2) is 0 Å². The maximum absolute atomic E-state index is 12.5. The van der Waals surface area contributed by atoms with Crippen molar-refractivity contribution in [2.45, 2.75) is 31.1 Å². The number of rotatable bonds is 6. The van der Waals surface area contributed by atoms with Gasteiger partial charge in [0.05, 0.1) is 12.0 Å². The molecule has 0 fully saturated rings. The summed E-state index contributed by atoms with van der Waals surface area (Å²) in [5.74, 6) is 1.01. The van der Waals surface area contributed by atoms with E-state index in [1.165, 1.54) is 11.8 Å². The highest BCUT2D eigenvalue weighted by Gasteiger charge is 2.23. The molecule has 1 atom stereocenters. The molecule has 1 aliphatic rings. The summed E-state index contributed by atoms with van der Waals surface area (Å²) < 4.78 is 7.56. The normalized spacial score (nSPS) is 15.8. The van der Waals surface area contributed by atoms with Crippen molar-refractivity contribution in [3.05, 3.63) is 60.6 Å². The van der Waals surface area contributed by atoms with E-state index in [4.69, 9.17) is 4.74 Å². The molecule has 138 valence electrons. The van der Waals surface area contributed by atoms with Crippen LogP contribution >= 0.6 is 11.8 Å². The van der Waals surface area contributed by atoms with Crippen molar-refractivity contribution in [1.82, 2.24) is 14.8 Å². The first-order valence-electron chi connectivity index (χ1n) is 8.90. The van der Waals surface area contributed by atoms with E-state index in [9.17, 15) is 4.79 Å². The van der Waals surface area contributed by atoms with Crippen molar-refractivity contribution < 1.29 is 9.53 Å². The number of carbonyl (C=O) groups excluding carboxylic acids is 1. The number of benzene rings is 2. The predicted octanol–water partition coefficient (Wildman–Crippen LogP) is 4.16. The second-order valence-corrected chi connectivity index (χ2v) is 7.12. The molecule has 0 saturated heterocycles. The summed E-state index contributed by atoms with van der Waals surface area (Å²) in [6.45, 7) is 2.77. The number of nitrogens with zero attached hydrogens (tertiary/aromatic N) is 3. The molecule has 1 aliphatic heterocycles. The molecule has 1 unspecified atom stereocenters. The predicted molar refractivity (Wildman–Crippen MR) is 107 cm³/mol. The van der Waals surface area contributed by atoms with E-state index in [1.807, 2.05) is 60.0 Å². The lowest BCUT2D eigenvalue weighted by molar-refractivity contribution is -0.113. The van der Waals surface area contributed by atoms with E-state index in [-0.39, 0.29) is 17.8 Å². The van der Waals surface area contributed by atoms with Gasteiger partial charge in [0.2, 0.25) is 5.91 Å². The van der Waals surface area contributed by atoms with E-state index in [2.05, 4.69) is 15.5 Å². The number of ether oxygens (including phenoxy) is 1. The number of nitrogens with one attached hydrogen (secondary N) is 1. The number of hydrogen-bond acceptors (Lipinski definition) is 5. The van der Waals surface area contributed by atoms with Gasteiger partial charge >= 0.3 is 0 Å². The summed E-state index contributed by atoms with van der Waals surface area (Å²) >= 11 is 1.39. The van der Waals surface area contributed by atoms with Gasteiger partial charge in [-0.2, -0.15) is 0 Å². The smallest absolute Gasteiger partial charge is 0.234 e. The first-order chi connectivity index (χ1) is 13.3. The Bertz CT molecular complexity index is 985. The lowest BCUT2D eigenvalue weighted by Gasteiger charge is -2.12. The van der Waals surface area contributed by atoms with Crippen LogP contribution in [0, 0.1) is 0 Å². The topological polar surface area (TPSA) is 69.0 Å². The van der Waals surface area contributed by atoms with Gasteiger partial charge in [-0.05, 0) is 24.5 Å². The Labute approximate surface area is 161 Å².